The fourth-order valence-corrected chi connectivity index (χ4v) is 4.49. The number of rotatable bonds is 3. The van der Waals surface area contributed by atoms with E-state index in [1.54, 1.807) is 11.1 Å². The minimum absolute atomic E-state index is 0.541. The van der Waals surface area contributed by atoms with Crippen LogP contribution in [0.1, 0.15) is 40.5 Å². The zero-order valence-electron chi connectivity index (χ0n) is 15.2. The molecule has 0 aromatic carbocycles. The van der Waals surface area contributed by atoms with Crippen LogP contribution in [0, 0.1) is 11.8 Å². The summed E-state index contributed by atoms with van der Waals surface area (Å²) < 4.78 is 0. The molecular weight excluding hydrogens is 288 g/mol. The van der Waals surface area contributed by atoms with Gasteiger partial charge in [0.1, 0.15) is 0 Å². The molecule has 0 nitrogen and oxygen atoms in total. The van der Waals surface area contributed by atoms with E-state index in [0.717, 1.165) is 12.8 Å². The smallest absolute Gasteiger partial charge is 0.000155 e. The Morgan fingerprint density at radius 3 is 1.46 bits per heavy atom. The van der Waals surface area contributed by atoms with Gasteiger partial charge in [0.15, 0.2) is 0 Å². The van der Waals surface area contributed by atoms with Crippen molar-refractivity contribution in [2.24, 2.45) is 11.8 Å². The van der Waals surface area contributed by atoms with Gasteiger partial charge in [0.2, 0.25) is 0 Å². The van der Waals surface area contributed by atoms with E-state index in [0.29, 0.717) is 11.8 Å². The summed E-state index contributed by atoms with van der Waals surface area (Å²) in [5.41, 5.74) is 11.9. The van der Waals surface area contributed by atoms with Gasteiger partial charge >= 0.3 is 0 Å². The highest BCUT2D eigenvalue weighted by Crippen LogP contribution is 2.42. The normalized spacial score (nSPS) is 27.8. The predicted octanol–water partition coefficient (Wildman–Crippen LogP) is 6.54. The lowest BCUT2D eigenvalue weighted by Crippen LogP contribution is -2.06. The SMILES string of the molecule is CC1=C2C=CC(CCC3=C4C(=C(C)C=CC4C)C=C3)=C2C(C)C=C1. The lowest BCUT2D eigenvalue weighted by Gasteiger charge is -2.21. The average molecular weight is 314 g/mol. The van der Waals surface area contributed by atoms with E-state index < -0.39 is 0 Å². The molecule has 2 atom stereocenters. The summed E-state index contributed by atoms with van der Waals surface area (Å²) in [6.45, 7) is 9.10. The van der Waals surface area contributed by atoms with Crippen LogP contribution in [0.2, 0.25) is 0 Å². The first kappa shape index (κ1) is 15.4. The minimum Gasteiger partial charge on any atom is -0.0770 e. The van der Waals surface area contributed by atoms with E-state index in [-0.39, 0.29) is 0 Å². The van der Waals surface area contributed by atoms with E-state index in [1.165, 1.54) is 33.4 Å². The Kier molecular flexibility index (Phi) is 3.72. The van der Waals surface area contributed by atoms with Crippen LogP contribution in [-0.2, 0) is 0 Å². The molecule has 0 heterocycles. The van der Waals surface area contributed by atoms with Gasteiger partial charge in [0.05, 0.1) is 0 Å². The van der Waals surface area contributed by atoms with E-state index in [4.69, 9.17) is 0 Å². The standard InChI is InChI=1S/C24H26/c1-15-5-7-17(3)23-19(11-13-21(15)23)9-10-20-12-14-22-16(2)6-8-18(4)24(20)22/h5-8,11-14,17-18H,9-10H2,1-4H3. The Labute approximate surface area is 146 Å². The second-order valence-corrected chi connectivity index (χ2v) is 7.53. The Morgan fingerprint density at radius 2 is 1.04 bits per heavy atom. The minimum atomic E-state index is 0.541. The Hall–Kier alpha value is -2.08. The second-order valence-electron chi connectivity index (χ2n) is 7.53. The molecule has 0 saturated heterocycles. The molecule has 0 aliphatic heterocycles. The van der Waals surface area contributed by atoms with Gasteiger partial charge in [-0.25, -0.2) is 0 Å². The fourth-order valence-electron chi connectivity index (χ4n) is 4.49. The van der Waals surface area contributed by atoms with Crippen LogP contribution in [0.4, 0.5) is 0 Å². The molecular formula is C24H26. The van der Waals surface area contributed by atoms with E-state index in [1.807, 2.05) is 0 Å². The molecule has 122 valence electrons. The Morgan fingerprint density at radius 1 is 0.625 bits per heavy atom. The molecule has 0 amide bonds. The van der Waals surface area contributed by atoms with Crippen LogP contribution in [0.25, 0.3) is 0 Å². The van der Waals surface area contributed by atoms with Crippen LogP contribution in [0.15, 0.2) is 93.2 Å². The molecule has 24 heavy (non-hydrogen) atoms. The molecule has 0 radical (unpaired) electrons. The monoisotopic (exact) mass is 314 g/mol. The largest absolute Gasteiger partial charge is 0.0770 e. The van der Waals surface area contributed by atoms with Gasteiger partial charge in [-0.1, -0.05) is 62.5 Å². The van der Waals surface area contributed by atoms with Gasteiger partial charge in [-0.3, -0.25) is 0 Å². The second kappa shape index (κ2) is 5.77. The summed E-state index contributed by atoms with van der Waals surface area (Å²) >= 11 is 0. The van der Waals surface area contributed by atoms with Crippen molar-refractivity contribution in [1.82, 2.24) is 0 Å². The van der Waals surface area contributed by atoms with Crippen LogP contribution < -0.4 is 0 Å². The lowest BCUT2D eigenvalue weighted by atomic mass is 9.83. The molecule has 4 rings (SSSR count). The third-order valence-electron chi connectivity index (χ3n) is 5.87. The van der Waals surface area contributed by atoms with Crippen molar-refractivity contribution < 1.29 is 0 Å². The maximum absolute atomic E-state index is 2.35. The molecule has 0 N–H and O–H groups in total. The summed E-state index contributed by atoms with van der Waals surface area (Å²) in [6.07, 6.45) is 20.9. The molecule has 4 aliphatic rings. The Balaban J connectivity index is 1.61. The topological polar surface area (TPSA) is 0 Å². The maximum atomic E-state index is 2.35. The van der Waals surface area contributed by atoms with Crippen molar-refractivity contribution in [1.29, 1.82) is 0 Å². The molecule has 0 spiro atoms. The first-order valence-electron chi connectivity index (χ1n) is 9.17. The van der Waals surface area contributed by atoms with Gasteiger partial charge in [0.25, 0.3) is 0 Å². The lowest BCUT2D eigenvalue weighted by molar-refractivity contribution is 0.818. The molecule has 4 aliphatic carbocycles. The van der Waals surface area contributed by atoms with Crippen LogP contribution in [0.3, 0.4) is 0 Å². The summed E-state index contributed by atoms with van der Waals surface area (Å²) in [7, 11) is 0. The fraction of sp³-hybridized carbons (Fsp3) is 0.333. The highest BCUT2D eigenvalue weighted by atomic mass is 14.3. The van der Waals surface area contributed by atoms with Crippen LogP contribution >= 0.6 is 0 Å². The van der Waals surface area contributed by atoms with Crippen LogP contribution in [-0.4, -0.2) is 0 Å². The van der Waals surface area contributed by atoms with E-state index in [9.17, 15) is 0 Å². The number of hydrogen-bond donors (Lipinski definition) is 0. The molecule has 0 aromatic heterocycles. The highest BCUT2D eigenvalue weighted by Gasteiger charge is 2.25. The summed E-state index contributed by atoms with van der Waals surface area (Å²) in [5, 5.41) is 0. The van der Waals surface area contributed by atoms with Crippen molar-refractivity contribution in [2.45, 2.75) is 40.5 Å². The van der Waals surface area contributed by atoms with Gasteiger partial charge in [-0.15, -0.1) is 0 Å². The van der Waals surface area contributed by atoms with Gasteiger partial charge < -0.3 is 0 Å². The molecule has 0 saturated carbocycles. The van der Waals surface area contributed by atoms with E-state index in [2.05, 4.69) is 76.3 Å². The predicted molar refractivity (Wildman–Crippen MR) is 104 cm³/mol. The number of hydrogen-bond acceptors (Lipinski definition) is 0. The average Bonchev–Trinajstić information content (AvgIpc) is 3.18. The summed E-state index contributed by atoms with van der Waals surface area (Å²) in [5.74, 6) is 1.08. The molecule has 0 heteroatoms. The molecule has 2 unspecified atom stereocenters. The Bertz CT molecular complexity index is 768. The zero-order chi connectivity index (χ0) is 16.8. The summed E-state index contributed by atoms with van der Waals surface area (Å²) in [4.78, 5) is 0. The van der Waals surface area contributed by atoms with Crippen LogP contribution in [0.5, 0.6) is 0 Å². The van der Waals surface area contributed by atoms with Crippen molar-refractivity contribution >= 4 is 0 Å². The zero-order valence-corrected chi connectivity index (χ0v) is 15.2. The van der Waals surface area contributed by atoms with Crippen molar-refractivity contribution in [2.75, 3.05) is 0 Å². The maximum Gasteiger partial charge on any atom is 0.000155 e. The first-order valence-corrected chi connectivity index (χ1v) is 9.17. The number of fused-ring (bicyclic) bond motifs is 2. The third-order valence-corrected chi connectivity index (χ3v) is 5.87. The van der Waals surface area contributed by atoms with Crippen molar-refractivity contribution in [3.05, 3.63) is 93.2 Å². The highest BCUT2D eigenvalue weighted by molar-refractivity contribution is 5.63. The van der Waals surface area contributed by atoms with Gasteiger partial charge in [-0.2, -0.15) is 0 Å². The van der Waals surface area contributed by atoms with E-state index >= 15 is 0 Å². The third kappa shape index (κ3) is 2.36. The summed E-state index contributed by atoms with van der Waals surface area (Å²) in [6, 6.07) is 0. The van der Waals surface area contributed by atoms with Crippen molar-refractivity contribution in [3.63, 3.8) is 0 Å². The molecule has 0 bridgehead atoms. The van der Waals surface area contributed by atoms with Crippen molar-refractivity contribution in [3.8, 4) is 0 Å². The first-order chi connectivity index (χ1) is 11.6. The molecule has 0 aromatic rings. The number of allylic oxidation sites excluding steroid dienone is 16. The van der Waals surface area contributed by atoms with Gasteiger partial charge in [-0.05, 0) is 71.3 Å². The quantitative estimate of drug-likeness (QED) is 0.554. The molecule has 0 fully saturated rings. The van der Waals surface area contributed by atoms with Gasteiger partial charge in [0, 0.05) is 11.8 Å².